The predicted molar refractivity (Wildman–Crippen MR) is 48.7 cm³/mol. The van der Waals surface area contributed by atoms with Gasteiger partial charge in [-0.1, -0.05) is 22.0 Å². The number of halogens is 2. The maximum absolute atomic E-state index is 12.1. The number of hydrogen-bond donors (Lipinski definition) is 2. The Morgan fingerprint density at radius 1 is 1.58 bits per heavy atom. The molecule has 0 radical (unpaired) electrons. The number of rotatable bonds is 2. The molecule has 0 bridgehead atoms. The average molecular weight is 234 g/mol. The van der Waals surface area contributed by atoms with Crippen molar-refractivity contribution in [3.05, 3.63) is 28.2 Å². The Kier molecular flexibility index (Phi) is 3.05. The molecular weight excluding hydrogens is 225 g/mol. The van der Waals surface area contributed by atoms with Gasteiger partial charge in [-0.25, -0.2) is 4.39 Å². The highest BCUT2D eigenvalue weighted by Gasteiger charge is 2.09. The first-order valence-electron chi connectivity index (χ1n) is 3.45. The molecule has 2 nitrogen and oxygen atoms in total. The second-order valence-corrected chi connectivity index (χ2v) is 3.38. The van der Waals surface area contributed by atoms with Crippen LogP contribution in [0, 0.1) is 0 Å². The average Bonchev–Trinajstić information content (AvgIpc) is 2.03. The van der Waals surface area contributed by atoms with E-state index < -0.39 is 12.7 Å². The molecule has 0 fully saturated rings. The van der Waals surface area contributed by atoms with Crippen molar-refractivity contribution in [3.8, 4) is 5.75 Å². The Bertz CT molecular complexity index is 280. The summed E-state index contributed by atoms with van der Waals surface area (Å²) < 4.78 is 12.9. The third-order valence-corrected chi connectivity index (χ3v) is 2.05. The molecule has 66 valence electrons. The highest BCUT2D eigenvalue weighted by atomic mass is 79.9. The van der Waals surface area contributed by atoms with Gasteiger partial charge in [0, 0.05) is 10.0 Å². The standard InChI is InChI=1S/C8H9BrFNO/c9-5-1-2-6(7(11)4-10)8(12)3-5/h1-3,7,12H,4,11H2/t7-/m0/s1. The molecular formula is C8H9BrFNO. The van der Waals surface area contributed by atoms with Gasteiger partial charge in [0.15, 0.2) is 0 Å². The van der Waals surface area contributed by atoms with Crippen molar-refractivity contribution in [2.75, 3.05) is 6.67 Å². The van der Waals surface area contributed by atoms with Crippen LogP contribution in [0.2, 0.25) is 0 Å². The fourth-order valence-electron chi connectivity index (χ4n) is 0.913. The van der Waals surface area contributed by atoms with Gasteiger partial charge < -0.3 is 10.8 Å². The minimum Gasteiger partial charge on any atom is -0.508 e. The Labute approximate surface area is 78.3 Å². The van der Waals surface area contributed by atoms with E-state index in [1.807, 2.05) is 0 Å². The molecule has 4 heteroatoms. The van der Waals surface area contributed by atoms with Gasteiger partial charge in [0.2, 0.25) is 0 Å². The summed E-state index contributed by atoms with van der Waals surface area (Å²) in [6.45, 7) is -0.671. The Balaban J connectivity index is 3.01. The zero-order chi connectivity index (χ0) is 9.14. The van der Waals surface area contributed by atoms with Crippen molar-refractivity contribution in [1.82, 2.24) is 0 Å². The fraction of sp³-hybridized carbons (Fsp3) is 0.250. The number of phenols is 1. The summed E-state index contributed by atoms with van der Waals surface area (Å²) in [5, 5.41) is 9.32. The van der Waals surface area contributed by atoms with Gasteiger partial charge in [-0.05, 0) is 12.1 Å². The molecule has 1 aromatic rings. The van der Waals surface area contributed by atoms with Gasteiger partial charge in [-0.2, -0.15) is 0 Å². The first kappa shape index (κ1) is 9.48. The van der Waals surface area contributed by atoms with Gasteiger partial charge in [0.1, 0.15) is 12.4 Å². The van der Waals surface area contributed by atoms with Crippen molar-refractivity contribution in [1.29, 1.82) is 0 Å². The van der Waals surface area contributed by atoms with E-state index in [-0.39, 0.29) is 5.75 Å². The van der Waals surface area contributed by atoms with Gasteiger partial charge in [-0.15, -0.1) is 0 Å². The molecule has 1 aromatic carbocycles. The summed E-state index contributed by atoms with van der Waals surface area (Å²) in [5.74, 6) is 0.0227. The molecule has 12 heavy (non-hydrogen) atoms. The van der Waals surface area contributed by atoms with Crippen LogP contribution in [0.3, 0.4) is 0 Å². The lowest BCUT2D eigenvalue weighted by molar-refractivity contribution is 0.414. The van der Waals surface area contributed by atoms with Crippen LogP contribution in [0.1, 0.15) is 11.6 Å². The van der Waals surface area contributed by atoms with Crippen molar-refractivity contribution in [3.63, 3.8) is 0 Å². The monoisotopic (exact) mass is 233 g/mol. The zero-order valence-electron chi connectivity index (χ0n) is 6.30. The summed E-state index contributed by atoms with van der Waals surface area (Å²) in [4.78, 5) is 0. The smallest absolute Gasteiger partial charge is 0.121 e. The summed E-state index contributed by atoms with van der Waals surface area (Å²) in [7, 11) is 0. The molecule has 0 aromatic heterocycles. The first-order valence-corrected chi connectivity index (χ1v) is 4.24. The minimum absolute atomic E-state index is 0.0227. The number of hydrogen-bond acceptors (Lipinski definition) is 2. The largest absolute Gasteiger partial charge is 0.508 e. The van der Waals surface area contributed by atoms with E-state index >= 15 is 0 Å². The molecule has 1 rings (SSSR count). The van der Waals surface area contributed by atoms with E-state index in [2.05, 4.69) is 15.9 Å². The number of alkyl halides is 1. The molecule has 0 spiro atoms. The summed E-state index contributed by atoms with van der Waals surface area (Å²) in [5.41, 5.74) is 5.83. The lowest BCUT2D eigenvalue weighted by atomic mass is 10.1. The molecule has 0 saturated heterocycles. The van der Waals surface area contributed by atoms with Crippen LogP contribution < -0.4 is 5.73 Å². The van der Waals surface area contributed by atoms with E-state index in [1.165, 1.54) is 6.07 Å². The van der Waals surface area contributed by atoms with Crippen LogP contribution in [-0.4, -0.2) is 11.8 Å². The number of benzene rings is 1. The number of phenolic OH excluding ortho intramolecular Hbond substituents is 1. The predicted octanol–water partition coefficient (Wildman–Crippen LogP) is 2.12. The maximum atomic E-state index is 12.1. The van der Waals surface area contributed by atoms with Crippen molar-refractivity contribution < 1.29 is 9.50 Å². The molecule has 0 amide bonds. The molecule has 0 saturated carbocycles. The van der Waals surface area contributed by atoms with Crippen molar-refractivity contribution in [2.24, 2.45) is 5.73 Å². The van der Waals surface area contributed by atoms with Crippen LogP contribution in [0.15, 0.2) is 22.7 Å². The lowest BCUT2D eigenvalue weighted by Crippen LogP contribution is -2.12. The Hall–Kier alpha value is -0.610. The molecule has 0 unspecified atom stereocenters. The van der Waals surface area contributed by atoms with Crippen LogP contribution >= 0.6 is 15.9 Å². The number of aromatic hydroxyl groups is 1. The van der Waals surface area contributed by atoms with Crippen LogP contribution in [-0.2, 0) is 0 Å². The number of nitrogens with two attached hydrogens (primary N) is 1. The summed E-state index contributed by atoms with van der Waals surface area (Å²) >= 11 is 3.17. The highest BCUT2D eigenvalue weighted by molar-refractivity contribution is 9.10. The normalized spacial score (nSPS) is 12.9. The van der Waals surface area contributed by atoms with E-state index in [1.54, 1.807) is 12.1 Å². The second kappa shape index (κ2) is 3.87. The van der Waals surface area contributed by atoms with Gasteiger partial charge in [0.25, 0.3) is 0 Å². The fourth-order valence-corrected chi connectivity index (χ4v) is 1.26. The topological polar surface area (TPSA) is 46.2 Å². The molecule has 1 atom stereocenters. The summed E-state index contributed by atoms with van der Waals surface area (Å²) in [6.07, 6.45) is 0. The summed E-state index contributed by atoms with van der Waals surface area (Å²) in [6, 6.07) is 4.07. The third-order valence-electron chi connectivity index (χ3n) is 1.56. The van der Waals surface area contributed by atoms with Gasteiger partial charge >= 0.3 is 0 Å². The second-order valence-electron chi connectivity index (χ2n) is 2.46. The van der Waals surface area contributed by atoms with Crippen LogP contribution in [0.4, 0.5) is 4.39 Å². The van der Waals surface area contributed by atoms with E-state index in [4.69, 9.17) is 5.73 Å². The maximum Gasteiger partial charge on any atom is 0.121 e. The molecule has 0 heterocycles. The van der Waals surface area contributed by atoms with Crippen molar-refractivity contribution in [2.45, 2.75) is 6.04 Å². The van der Waals surface area contributed by atoms with E-state index in [0.717, 1.165) is 4.47 Å². The van der Waals surface area contributed by atoms with Gasteiger partial charge in [0.05, 0.1) is 6.04 Å². The Morgan fingerprint density at radius 2 is 2.25 bits per heavy atom. The third kappa shape index (κ3) is 1.95. The van der Waals surface area contributed by atoms with Crippen LogP contribution in [0.5, 0.6) is 5.75 Å². The SMILES string of the molecule is N[C@@H](CF)c1ccc(Br)cc1O. The zero-order valence-corrected chi connectivity index (χ0v) is 7.88. The van der Waals surface area contributed by atoms with Gasteiger partial charge in [-0.3, -0.25) is 0 Å². The quantitative estimate of drug-likeness (QED) is 0.823. The van der Waals surface area contributed by atoms with E-state index in [9.17, 15) is 9.50 Å². The van der Waals surface area contributed by atoms with Crippen molar-refractivity contribution >= 4 is 15.9 Å². The van der Waals surface area contributed by atoms with Crippen LogP contribution in [0.25, 0.3) is 0 Å². The molecule has 0 aliphatic rings. The van der Waals surface area contributed by atoms with E-state index in [0.29, 0.717) is 5.56 Å². The minimum atomic E-state index is -0.738. The lowest BCUT2D eigenvalue weighted by Gasteiger charge is -2.09. The molecule has 0 aliphatic heterocycles. The molecule has 0 aliphatic carbocycles. The molecule has 3 N–H and O–H groups in total. The Morgan fingerprint density at radius 3 is 2.75 bits per heavy atom. The first-order chi connectivity index (χ1) is 5.65. The highest BCUT2D eigenvalue weighted by Crippen LogP contribution is 2.26.